The summed E-state index contributed by atoms with van der Waals surface area (Å²) in [6, 6.07) is 0. The van der Waals surface area contributed by atoms with Crippen LogP contribution in [0.15, 0.2) is 49.0 Å². The smallest absolute Gasteiger partial charge is 0.203 e. The molecule has 0 atom stereocenters. The molecule has 0 heterocycles. The lowest BCUT2D eigenvalue weighted by Gasteiger charge is -2.26. The molecular weight excluding hydrogens is 274 g/mol. The van der Waals surface area contributed by atoms with E-state index in [1.807, 2.05) is 6.08 Å². The van der Waals surface area contributed by atoms with Gasteiger partial charge in [0.15, 0.2) is 11.5 Å². The summed E-state index contributed by atoms with van der Waals surface area (Å²) in [5.74, 6) is -2.03. The highest BCUT2D eigenvalue weighted by Gasteiger charge is 2.21. The zero-order chi connectivity index (χ0) is 15.8. The number of hydrogen-bond donors (Lipinski definition) is 0. The Morgan fingerprint density at radius 2 is 1.57 bits per heavy atom. The summed E-state index contributed by atoms with van der Waals surface area (Å²) >= 11 is 0. The lowest BCUT2D eigenvalue weighted by Crippen LogP contribution is -2.17. The first-order chi connectivity index (χ1) is 9.99. The van der Waals surface area contributed by atoms with Crippen molar-refractivity contribution in [2.45, 2.75) is 32.6 Å². The molecule has 0 radical (unpaired) electrons. The Morgan fingerprint density at radius 1 is 1.05 bits per heavy atom. The minimum Gasteiger partial charge on any atom is -0.491 e. The second-order valence-corrected chi connectivity index (χ2v) is 5.23. The van der Waals surface area contributed by atoms with E-state index >= 15 is 0 Å². The van der Waals surface area contributed by atoms with Gasteiger partial charge in [0.2, 0.25) is 11.7 Å². The standard InChI is InChI=1S/C17H24F2O2/c1-5-14-7-9-15(10-8-14)11-21-13(4)17(19)16(18)12(3)20-6-2/h5,14-15H,1,3-4,6-11H2,2H3/b17-16-. The van der Waals surface area contributed by atoms with Crippen molar-refractivity contribution in [2.75, 3.05) is 13.2 Å². The van der Waals surface area contributed by atoms with Gasteiger partial charge in [0.25, 0.3) is 0 Å². The molecule has 1 aliphatic carbocycles. The fourth-order valence-electron chi connectivity index (χ4n) is 2.35. The van der Waals surface area contributed by atoms with Gasteiger partial charge in [0, 0.05) is 0 Å². The van der Waals surface area contributed by atoms with Crippen molar-refractivity contribution in [1.29, 1.82) is 0 Å². The first-order valence-electron chi connectivity index (χ1n) is 7.31. The molecule has 21 heavy (non-hydrogen) atoms. The van der Waals surface area contributed by atoms with E-state index in [-0.39, 0.29) is 18.1 Å². The third-order valence-electron chi connectivity index (χ3n) is 3.72. The van der Waals surface area contributed by atoms with E-state index in [1.165, 1.54) is 0 Å². The Hall–Kier alpha value is -1.58. The van der Waals surface area contributed by atoms with Crippen LogP contribution in [0.5, 0.6) is 0 Å². The van der Waals surface area contributed by atoms with Crippen LogP contribution in [0.3, 0.4) is 0 Å². The number of rotatable bonds is 8. The van der Waals surface area contributed by atoms with E-state index in [0.29, 0.717) is 18.4 Å². The molecule has 0 bridgehead atoms. The Bertz CT molecular complexity index is 419. The van der Waals surface area contributed by atoms with Crippen LogP contribution in [0.1, 0.15) is 32.6 Å². The van der Waals surface area contributed by atoms with Gasteiger partial charge in [-0.3, -0.25) is 0 Å². The second-order valence-electron chi connectivity index (χ2n) is 5.23. The normalized spacial score (nSPS) is 23.0. The van der Waals surface area contributed by atoms with Crippen LogP contribution in [0.4, 0.5) is 8.78 Å². The fraction of sp³-hybridized carbons (Fsp3) is 0.529. The molecule has 0 aliphatic heterocycles. The highest BCUT2D eigenvalue weighted by Crippen LogP contribution is 2.30. The molecular formula is C17H24F2O2. The van der Waals surface area contributed by atoms with Crippen LogP contribution in [-0.4, -0.2) is 13.2 Å². The first kappa shape index (κ1) is 17.5. The van der Waals surface area contributed by atoms with Crippen molar-refractivity contribution in [3.05, 3.63) is 49.0 Å². The zero-order valence-corrected chi connectivity index (χ0v) is 12.7. The van der Waals surface area contributed by atoms with Crippen LogP contribution in [-0.2, 0) is 9.47 Å². The molecule has 0 aromatic rings. The Balaban J connectivity index is 2.44. The van der Waals surface area contributed by atoms with Crippen molar-refractivity contribution in [3.63, 3.8) is 0 Å². The summed E-state index contributed by atoms with van der Waals surface area (Å²) in [7, 11) is 0. The average Bonchev–Trinajstić information content (AvgIpc) is 2.51. The van der Waals surface area contributed by atoms with Gasteiger partial charge >= 0.3 is 0 Å². The molecule has 0 aromatic heterocycles. The van der Waals surface area contributed by atoms with Gasteiger partial charge in [0.05, 0.1) is 13.2 Å². The van der Waals surface area contributed by atoms with E-state index in [1.54, 1.807) is 6.92 Å². The van der Waals surface area contributed by atoms with Gasteiger partial charge in [-0.15, -0.1) is 6.58 Å². The predicted octanol–water partition coefficient (Wildman–Crippen LogP) is 5.21. The lowest BCUT2D eigenvalue weighted by molar-refractivity contribution is 0.132. The van der Waals surface area contributed by atoms with Gasteiger partial charge in [-0.05, 0) is 44.4 Å². The maximum Gasteiger partial charge on any atom is 0.203 e. The quantitative estimate of drug-likeness (QED) is 0.348. The molecule has 2 nitrogen and oxygen atoms in total. The third kappa shape index (κ3) is 5.37. The summed E-state index contributed by atoms with van der Waals surface area (Å²) in [6.45, 7) is 12.8. The van der Waals surface area contributed by atoms with Gasteiger partial charge in [-0.2, -0.15) is 8.78 Å². The van der Waals surface area contributed by atoms with E-state index in [4.69, 9.17) is 9.47 Å². The summed E-state index contributed by atoms with van der Waals surface area (Å²) < 4.78 is 37.5. The van der Waals surface area contributed by atoms with Crippen molar-refractivity contribution in [3.8, 4) is 0 Å². The molecule has 118 valence electrons. The van der Waals surface area contributed by atoms with Crippen molar-refractivity contribution < 1.29 is 18.3 Å². The van der Waals surface area contributed by atoms with Gasteiger partial charge in [-0.25, -0.2) is 0 Å². The number of hydrogen-bond acceptors (Lipinski definition) is 2. The van der Waals surface area contributed by atoms with Crippen molar-refractivity contribution in [2.24, 2.45) is 11.8 Å². The minimum absolute atomic E-state index is 0.222. The van der Waals surface area contributed by atoms with E-state index in [0.717, 1.165) is 25.7 Å². The van der Waals surface area contributed by atoms with Gasteiger partial charge in [-0.1, -0.05) is 19.2 Å². The van der Waals surface area contributed by atoms with E-state index in [9.17, 15) is 8.78 Å². The summed E-state index contributed by atoms with van der Waals surface area (Å²) in [6.07, 6.45) is 6.12. The van der Waals surface area contributed by atoms with Crippen LogP contribution < -0.4 is 0 Å². The number of allylic oxidation sites excluding steroid dienone is 3. The van der Waals surface area contributed by atoms with Crippen LogP contribution >= 0.6 is 0 Å². The van der Waals surface area contributed by atoms with Crippen LogP contribution in [0, 0.1) is 11.8 Å². The molecule has 1 saturated carbocycles. The van der Waals surface area contributed by atoms with Crippen LogP contribution in [0.25, 0.3) is 0 Å². The maximum atomic E-state index is 13.8. The van der Waals surface area contributed by atoms with E-state index < -0.39 is 11.7 Å². The van der Waals surface area contributed by atoms with Crippen molar-refractivity contribution in [1.82, 2.24) is 0 Å². The van der Waals surface area contributed by atoms with Crippen LogP contribution in [0.2, 0.25) is 0 Å². The molecule has 0 amide bonds. The zero-order valence-electron chi connectivity index (χ0n) is 12.7. The number of halogens is 2. The van der Waals surface area contributed by atoms with Gasteiger partial charge in [0.1, 0.15) is 0 Å². The molecule has 0 spiro atoms. The largest absolute Gasteiger partial charge is 0.491 e. The highest BCUT2D eigenvalue weighted by molar-refractivity contribution is 5.29. The molecule has 1 rings (SSSR count). The monoisotopic (exact) mass is 298 g/mol. The second kappa shape index (κ2) is 8.65. The molecule has 0 N–H and O–H groups in total. The topological polar surface area (TPSA) is 18.5 Å². The molecule has 4 heteroatoms. The highest BCUT2D eigenvalue weighted by atomic mass is 19.2. The minimum atomic E-state index is -1.16. The fourth-order valence-corrected chi connectivity index (χ4v) is 2.35. The van der Waals surface area contributed by atoms with E-state index in [2.05, 4.69) is 19.7 Å². The first-order valence-corrected chi connectivity index (χ1v) is 7.31. The maximum absolute atomic E-state index is 13.8. The predicted molar refractivity (Wildman–Crippen MR) is 80.7 cm³/mol. The molecule has 0 saturated heterocycles. The Morgan fingerprint density at radius 3 is 2.05 bits per heavy atom. The summed E-state index contributed by atoms with van der Waals surface area (Å²) in [5, 5.41) is 0. The lowest BCUT2D eigenvalue weighted by atomic mass is 9.82. The summed E-state index contributed by atoms with van der Waals surface area (Å²) in [4.78, 5) is 0. The molecule has 0 unspecified atom stereocenters. The SMILES string of the molecule is C=CC1CCC(COC(=C)/C(F)=C(/F)C(=C)OCC)CC1. The van der Waals surface area contributed by atoms with Gasteiger partial charge < -0.3 is 9.47 Å². The molecule has 0 aromatic carbocycles. The number of ether oxygens (including phenoxy) is 2. The Kier molecular flexibility index (Phi) is 7.20. The molecule has 1 fully saturated rings. The summed E-state index contributed by atoms with van der Waals surface area (Å²) in [5.41, 5.74) is 0. The Labute approximate surface area is 125 Å². The molecule has 1 aliphatic rings. The third-order valence-corrected chi connectivity index (χ3v) is 3.72. The average molecular weight is 298 g/mol. The van der Waals surface area contributed by atoms with Crippen molar-refractivity contribution >= 4 is 0 Å².